The molecule has 5 rings (SSSR count). The summed E-state index contributed by atoms with van der Waals surface area (Å²) in [6, 6.07) is 9.15. The largest absolute Gasteiger partial charge is 0.466 e. The topological polar surface area (TPSA) is 41.6 Å². The molecule has 1 spiro atoms. The molecule has 1 aromatic rings. The molecule has 4 nitrogen and oxygen atoms in total. The molecule has 1 aliphatic carbocycles. The van der Waals surface area contributed by atoms with E-state index in [0.29, 0.717) is 6.04 Å². The predicted octanol–water partition coefficient (Wildman–Crippen LogP) is 4.29. The smallest absolute Gasteiger partial charge is 0.335 e. The molecule has 1 aromatic carbocycles. The van der Waals surface area contributed by atoms with E-state index in [-0.39, 0.29) is 41.6 Å². The summed E-state index contributed by atoms with van der Waals surface area (Å²) >= 11 is 0. The number of hydrogen-bond acceptors (Lipinski definition) is 4. The molecule has 3 heterocycles. The average Bonchev–Trinajstić information content (AvgIpc) is 3.21. The minimum absolute atomic E-state index is 0. The zero-order valence-corrected chi connectivity index (χ0v) is 17.5. The third-order valence-corrected chi connectivity index (χ3v) is 7.41. The van der Waals surface area contributed by atoms with Crippen molar-refractivity contribution in [3.63, 3.8) is 0 Å². The Labute approximate surface area is 173 Å². The molecule has 0 aromatic heterocycles. The molecular formula is C21H28Cl2N2O2. The van der Waals surface area contributed by atoms with E-state index < -0.39 is 0 Å². The van der Waals surface area contributed by atoms with E-state index in [2.05, 4.69) is 41.4 Å². The van der Waals surface area contributed by atoms with Crippen LogP contribution in [0.15, 0.2) is 35.5 Å². The first-order valence-corrected chi connectivity index (χ1v) is 9.59. The molecule has 2 fully saturated rings. The fraction of sp³-hybridized carbons (Fsp3) is 0.571. The number of anilines is 1. The van der Waals surface area contributed by atoms with Gasteiger partial charge in [-0.2, -0.15) is 0 Å². The third-order valence-electron chi connectivity index (χ3n) is 7.41. The number of rotatable bonds is 2. The van der Waals surface area contributed by atoms with Crippen molar-refractivity contribution >= 4 is 36.5 Å². The number of para-hydroxylation sites is 1. The second-order valence-electron chi connectivity index (χ2n) is 8.17. The SMILES string of the molecule is CCC12CCCN3CCC4(C(=C(C(=O)OC)C1)Nc1ccccc14)C32.Cl.Cl. The molecule has 1 N–H and O–H groups in total. The fourth-order valence-electron chi connectivity index (χ4n) is 6.49. The molecule has 6 heteroatoms. The molecule has 148 valence electrons. The summed E-state index contributed by atoms with van der Waals surface area (Å²) < 4.78 is 5.22. The zero-order valence-electron chi connectivity index (χ0n) is 15.9. The van der Waals surface area contributed by atoms with E-state index in [0.717, 1.165) is 37.1 Å². The Morgan fingerprint density at radius 3 is 2.78 bits per heavy atom. The highest BCUT2D eigenvalue weighted by Gasteiger charge is 2.65. The first-order valence-electron chi connectivity index (χ1n) is 9.59. The van der Waals surface area contributed by atoms with Crippen molar-refractivity contribution in [1.29, 1.82) is 0 Å². The molecule has 0 radical (unpaired) electrons. The maximum absolute atomic E-state index is 12.7. The normalized spacial score (nSPS) is 33.0. The van der Waals surface area contributed by atoms with E-state index in [1.165, 1.54) is 37.7 Å². The maximum atomic E-state index is 12.7. The van der Waals surface area contributed by atoms with Crippen LogP contribution in [0.5, 0.6) is 0 Å². The Hall–Kier alpha value is -1.23. The van der Waals surface area contributed by atoms with Crippen LogP contribution in [-0.2, 0) is 14.9 Å². The van der Waals surface area contributed by atoms with Gasteiger partial charge in [-0.15, -0.1) is 24.8 Å². The van der Waals surface area contributed by atoms with E-state index in [9.17, 15) is 4.79 Å². The number of hydrogen-bond donors (Lipinski definition) is 1. The highest BCUT2D eigenvalue weighted by atomic mass is 35.5. The zero-order chi connectivity index (χ0) is 17.2. The van der Waals surface area contributed by atoms with Crippen LogP contribution < -0.4 is 5.32 Å². The van der Waals surface area contributed by atoms with Gasteiger partial charge in [0.1, 0.15) is 0 Å². The van der Waals surface area contributed by atoms with Gasteiger partial charge in [0.2, 0.25) is 0 Å². The van der Waals surface area contributed by atoms with Crippen LogP contribution in [0.1, 0.15) is 44.6 Å². The molecule has 4 aliphatic rings. The Morgan fingerprint density at radius 1 is 1.26 bits per heavy atom. The number of esters is 1. The molecule has 3 unspecified atom stereocenters. The summed E-state index contributed by atoms with van der Waals surface area (Å²) in [6.45, 7) is 4.63. The Balaban J connectivity index is 0.00000105. The number of carbonyl (C=O) groups is 1. The van der Waals surface area contributed by atoms with Crippen LogP contribution in [0.2, 0.25) is 0 Å². The first kappa shape index (κ1) is 20.5. The van der Waals surface area contributed by atoms with Gasteiger partial charge in [-0.25, -0.2) is 4.79 Å². The van der Waals surface area contributed by atoms with Crippen molar-refractivity contribution in [2.45, 2.75) is 50.5 Å². The fourth-order valence-corrected chi connectivity index (χ4v) is 6.49. The highest BCUT2D eigenvalue weighted by Crippen LogP contribution is 2.65. The van der Waals surface area contributed by atoms with Gasteiger partial charge in [-0.05, 0) is 62.2 Å². The van der Waals surface area contributed by atoms with Crippen molar-refractivity contribution in [3.8, 4) is 0 Å². The van der Waals surface area contributed by atoms with Crippen LogP contribution in [0.3, 0.4) is 0 Å². The molecule has 27 heavy (non-hydrogen) atoms. The molecule has 0 amide bonds. The number of ether oxygens (including phenoxy) is 1. The number of benzene rings is 1. The summed E-state index contributed by atoms with van der Waals surface area (Å²) in [5.74, 6) is -0.148. The van der Waals surface area contributed by atoms with E-state index >= 15 is 0 Å². The molecule has 2 saturated heterocycles. The van der Waals surface area contributed by atoms with Crippen molar-refractivity contribution in [2.24, 2.45) is 5.41 Å². The van der Waals surface area contributed by atoms with Crippen LogP contribution in [-0.4, -0.2) is 37.1 Å². The summed E-state index contributed by atoms with van der Waals surface area (Å²) in [5.41, 5.74) is 4.71. The lowest BCUT2D eigenvalue weighted by atomic mass is 9.53. The lowest BCUT2D eigenvalue weighted by Crippen LogP contribution is -2.59. The second-order valence-corrected chi connectivity index (χ2v) is 8.17. The number of nitrogens with zero attached hydrogens (tertiary/aromatic N) is 1. The maximum Gasteiger partial charge on any atom is 0.335 e. The summed E-state index contributed by atoms with van der Waals surface area (Å²) in [6.07, 6.45) is 5.50. The average molecular weight is 411 g/mol. The second kappa shape index (κ2) is 6.98. The lowest BCUT2D eigenvalue weighted by molar-refractivity contribution is -0.137. The van der Waals surface area contributed by atoms with Crippen LogP contribution >= 0.6 is 24.8 Å². The van der Waals surface area contributed by atoms with Crippen LogP contribution in [0.25, 0.3) is 0 Å². The van der Waals surface area contributed by atoms with Gasteiger partial charge in [-0.1, -0.05) is 25.1 Å². The Bertz CT molecular complexity index is 796. The van der Waals surface area contributed by atoms with Gasteiger partial charge in [0.05, 0.1) is 18.1 Å². The van der Waals surface area contributed by atoms with Crippen molar-refractivity contribution in [3.05, 3.63) is 41.1 Å². The molecule has 0 bridgehead atoms. The number of methoxy groups -OCH3 is 1. The standard InChI is InChI=1S/C21H26N2O2.2ClH/c1-3-20-9-6-11-23-12-10-21(19(20)23)15-7-4-5-8-16(15)22-17(21)14(13-20)18(24)25-2;;/h4-5,7-8,19,22H,3,6,9-13H2,1-2H3;2*1H. The van der Waals surface area contributed by atoms with E-state index in [1.807, 2.05) is 0 Å². The van der Waals surface area contributed by atoms with Crippen molar-refractivity contribution < 1.29 is 9.53 Å². The van der Waals surface area contributed by atoms with Gasteiger partial charge < -0.3 is 10.1 Å². The Morgan fingerprint density at radius 2 is 2.04 bits per heavy atom. The lowest BCUT2D eigenvalue weighted by Gasteiger charge is -2.56. The van der Waals surface area contributed by atoms with E-state index in [4.69, 9.17) is 4.74 Å². The van der Waals surface area contributed by atoms with Gasteiger partial charge in [0.25, 0.3) is 0 Å². The predicted molar refractivity (Wildman–Crippen MR) is 112 cm³/mol. The number of halogens is 2. The summed E-state index contributed by atoms with van der Waals surface area (Å²) in [5, 5.41) is 3.65. The van der Waals surface area contributed by atoms with Crippen molar-refractivity contribution in [2.75, 3.05) is 25.5 Å². The van der Waals surface area contributed by atoms with Gasteiger partial charge in [-0.3, -0.25) is 4.90 Å². The molecule has 0 saturated carbocycles. The molecule has 3 aliphatic heterocycles. The quantitative estimate of drug-likeness (QED) is 0.738. The Kier molecular flexibility index (Phi) is 5.30. The van der Waals surface area contributed by atoms with Gasteiger partial charge >= 0.3 is 5.97 Å². The number of nitrogens with one attached hydrogen (secondary N) is 1. The van der Waals surface area contributed by atoms with E-state index in [1.54, 1.807) is 0 Å². The van der Waals surface area contributed by atoms with Gasteiger partial charge in [0.15, 0.2) is 0 Å². The van der Waals surface area contributed by atoms with Crippen LogP contribution in [0, 0.1) is 5.41 Å². The number of piperidine rings is 1. The molecule has 3 atom stereocenters. The summed E-state index contributed by atoms with van der Waals surface area (Å²) in [7, 11) is 1.51. The van der Waals surface area contributed by atoms with Gasteiger partial charge in [0, 0.05) is 17.4 Å². The summed E-state index contributed by atoms with van der Waals surface area (Å²) in [4.78, 5) is 15.4. The van der Waals surface area contributed by atoms with Crippen molar-refractivity contribution in [1.82, 2.24) is 4.90 Å². The van der Waals surface area contributed by atoms with Crippen LogP contribution in [0.4, 0.5) is 5.69 Å². The monoisotopic (exact) mass is 410 g/mol. The highest BCUT2D eigenvalue weighted by molar-refractivity contribution is 5.93. The first-order chi connectivity index (χ1) is 12.2. The molecular weight excluding hydrogens is 383 g/mol. The minimum atomic E-state index is -0.148. The minimum Gasteiger partial charge on any atom is -0.466 e. The number of carbonyl (C=O) groups excluding carboxylic acids is 1. The third kappa shape index (κ3) is 2.43. The number of fused-ring (bicyclic) bond motifs is 1.